The largest absolute Gasteiger partial charge is 0.387 e. The molecule has 5 heterocycles. The summed E-state index contributed by atoms with van der Waals surface area (Å²) in [6.07, 6.45) is -1.33. The van der Waals surface area contributed by atoms with Crippen LogP contribution in [0.15, 0.2) is 67.0 Å². The predicted molar refractivity (Wildman–Crippen MR) is 164 cm³/mol. The van der Waals surface area contributed by atoms with Gasteiger partial charge in [-0.3, -0.25) is 4.57 Å². The fourth-order valence-corrected chi connectivity index (χ4v) is 5.92. The molecule has 0 spiro atoms. The number of imidazole rings is 1. The van der Waals surface area contributed by atoms with Crippen LogP contribution in [0.4, 0.5) is 11.8 Å². The SMILES string of the molecule is CCn1nnc(C2OC(n3cnc4c(NCC(c5ccccc5)c5ccccc5)nc(NC5CCOCC5)nc43)C(O)C2O)n1. The number of hydrogen-bond donors (Lipinski definition) is 4. The third kappa shape index (κ3) is 5.96. The van der Waals surface area contributed by atoms with Gasteiger partial charge in [0.05, 0.1) is 12.9 Å². The van der Waals surface area contributed by atoms with Crippen molar-refractivity contribution in [2.45, 2.75) is 62.8 Å². The molecule has 14 heteroatoms. The number of anilines is 2. The molecule has 2 aromatic carbocycles. The zero-order valence-corrected chi connectivity index (χ0v) is 24.8. The first-order valence-electron chi connectivity index (χ1n) is 15.3. The summed E-state index contributed by atoms with van der Waals surface area (Å²) in [5, 5.41) is 41.3. The maximum Gasteiger partial charge on any atom is 0.227 e. The molecule has 3 aromatic heterocycles. The normalized spacial score (nSPS) is 22.3. The first kappa shape index (κ1) is 29.2. The molecule has 14 nitrogen and oxygen atoms in total. The lowest BCUT2D eigenvalue weighted by atomic mass is 9.91. The molecule has 2 saturated heterocycles. The van der Waals surface area contributed by atoms with Crippen molar-refractivity contribution in [3.63, 3.8) is 0 Å². The molecule has 45 heavy (non-hydrogen) atoms. The van der Waals surface area contributed by atoms with Gasteiger partial charge in [-0.05, 0) is 36.1 Å². The fraction of sp³-hybridized carbons (Fsp3) is 0.419. The summed E-state index contributed by atoms with van der Waals surface area (Å²) in [6, 6.07) is 20.8. The van der Waals surface area contributed by atoms with E-state index in [-0.39, 0.29) is 17.8 Å². The van der Waals surface area contributed by atoms with Crippen molar-refractivity contribution in [3.05, 3.63) is 83.9 Å². The number of tetrazole rings is 1. The molecule has 7 rings (SSSR count). The molecular formula is C31H36N10O4. The molecular weight excluding hydrogens is 576 g/mol. The van der Waals surface area contributed by atoms with Crippen LogP contribution in [0, 0.1) is 0 Å². The molecule has 4 N–H and O–H groups in total. The predicted octanol–water partition coefficient (Wildman–Crippen LogP) is 2.66. The highest BCUT2D eigenvalue weighted by Gasteiger charge is 2.47. The number of rotatable bonds is 10. The van der Waals surface area contributed by atoms with Gasteiger partial charge < -0.3 is 30.3 Å². The molecule has 5 aromatic rings. The van der Waals surface area contributed by atoms with Gasteiger partial charge in [-0.25, -0.2) is 4.98 Å². The molecule has 4 atom stereocenters. The topological polar surface area (TPSA) is 170 Å². The van der Waals surface area contributed by atoms with Crippen molar-refractivity contribution in [1.29, 1.82) is 0 Å². The Balaban J connectivity index is 1.23. The highest BCUT2D eigenvalue weighted by atomic mass is 16.6. The molecule has 0 saturated carbocycles. The number of aliphatic hydroxyl groups excluding tert-OH is 2. The Labute approximate surface area is 259 Å². The van der Waals surface area contributed by atoms with Crippen LogP contribution in [0.2, 0.25) is 0 Å². The van der Waals surface area contributed by atoms with Crippen molar-refractivity contribution < 1.29 is 19.7 Å². The van der Waals surface area contributed by atoms with Crippen molar-refractivity contribution in [2.75, 3.05) is 30.4 Å². The summed E-state index contributed by atoms with van der Waals surface area (Å²) < 4.78 is 13.3. The van der Waals surface area contributed by atoms with Crippen LogP contribution < -0.4 is 10.6 Å². The lowest BCUT2D eigenvalue weighted by molar-refractivity contribution is -0.0384. The maximum absolute atomic E-state index is 11.1. The number of aliphatic hydroxyl groups is 2. The minimum absolute atomic E-state index is 0.0475. The van der Waals surface area contributed by atoms with Crippen LogP contribution >= 0.6 is 0 Å². The Morgan fingerprint density at radius 3 is 2.33 bits per heavy atom. The molecule has 0 bridgehead atoms. The van der Waals surface area contributed by atoms with Gasteiger partial charge >= 0.3 is 0 Å². The van der Waals surface area contributed by atoms with Crippen molar-refractivity contribution in [2.24, 2.45) is 0 Å². The summed E-state index contributed by atoms with van der Waals surface area (Å²) in [4.78, 5) is 15.8. The second-order valence-corrected chi connectivity index (χ2v) is 11.3. The lowest BCUT2D eigenvalue weighted by Gasteiger charge is -2.24. The number of aromatic nitrogens is 8. The van der Waals surface area contributed by atoms with Crippen LogP contribution in [0.3, 0.4) is 0 Å². The summed E-state index contributed by atoms with van der Waals surface area (Å²) in [6.45, 7) is 4.27. The number of ether oxygens (including phenoxy) is 2. The quantitative estimate of drug-likeness (QED) is 0.182. The number of aryl methyl sites for hydroxylation is 1. The Morgan fingerprint density at radius 2 is 1.67 bits per heavy atom. The highest BCUT2D eigenvalue weighted by Crippen LogP contribution is 2.39. The first-order chi connectivity index (χ1) is 22.1. The van der Waals surface area contributed by atoms with Crippen LogP contribution in [0.1, 0.15) is 55.0 Å². The van der Waals surface area contributed by atoms with E-state index in [1.807, 2.05) is 43.3 Å². The van der Waals surface area contributed by atoms with Crippen LogP contribution in [-0.4, -0.2) is 87.9 Å². The van der Waals surface area contributed by atoms with Gasteiger partial charge in [-0.15, -0.1) is 10.2 Å². The second kappa shape index (κ2) is 12.9. The molecule has 0 aliphatic carbocycles. The number of nitrogens with zero attached hydrogens (tertiary/aromatic N) is 8. The monoisotopic (exact) mass is 612 g/mol. The fourth-order valence-electron chi connectivity index (χ4n) is 5.92. The van der Waals surface area contributed by atoms with Crippen LogP contribution in [-0.2, 0) is 16.0 Å². The molecule has 234 valence electrons. The van der Waals surface area contributed by atoms with E-state index in [2.05, 4.69) is 55.3 Å². The maximum atomic E-state index is 11.1. The smallest absolute Gasteiger partial charge is 0.227 e. The molecule has 2 aliphatic heterocycles. The molecule has 2 fully saturated rings. The summed E-state index contributed by atoms with van der Waals surface area (Å²) in [7, 11) is 0. The highest BCUT2D eigenvalue weighted by molar-refractivity contribution is 5.84. The Kier molecular flexibility index (Phi) is 8.35. The molecule has 2 aliphatic rings. The van der Waals surface area contributed by atoms with Crippen molar-refractivity contribution in [3.8, 4) is 0 Å². The molecule has 4 unspecified atom stereocenters. The number of benzene rings is 2. The zero-order valence-electron chi connectivity index (χ0n) is 24.8. The minimum Gasteiger partial charge on any atom is -0.387 e. The van der Waals surface area contributed by atoms with E-state index in [0.29, 0.717) is 49.2 Å². The number of hydrogen-bond acceptors (Lipinski definition) is 12. The van der Waals surface area contributed by atoms with Gasteiger partial charge in [0.15, 0.2) is 29.3 Å². The van der Waals surface area contributed by atoms with Gasteiger partial charge in [0.1, 0.15) is 12.2 Å². The summed E-state index contributed by atoms with van der Waals surface area (Å²) in [5.41, 5.74) is 3.30. The van der Waals surface area contributed by atoms with Crippen molar-refractivity contribution >= 4 is 22.9 Å². The second-order valence-electron chi connectivity index (χ2n) is 11.3. The zero-order chi connectivity index (χ0) is 30.8. The third-order valence-corrected chi connectivity index (χ3v) is 8.37. The van der Waals surface area contributed by atoms with Gasteiger partial charge in [-0.2, -0.15) is 14.8 Å². The average molecular weight is 613 g/mol. The van der Waals surface area contributed by atoms with E-state index in [1.54, 1.807) is 10.9 Å². The van der Waals surface area contributed by atoms with E-state index in [4.69, 9.17) is 19.4 Å². The van der Waals surface area contributed by atoms with E-state index < -0.39 is 24.5 Å². The van der Waals surface area contributed by atoms with Gasteiger partial charge in [-0.1, -0.05) is 60.7 Å². The Bertz CT molecular complexity index is 1670. The number of nitrogens with one attached hydrogen (secondary N) is 2. The van der Waals surface area contributed by atoms with Gasteiger partial charge in [0.25, 0.3) is 0 Å². The van der Waals surface area contributed by atoms with Crippen LogP contribution in [0.5, 0.6) is 0 Å². The first-order valence-corrected chi connectivity index (χ1v) is 15.3. The molecule has 0 radical (unpaired) electrons. The standard InChI is InChI=1S/C31H36N10O4/c1-2-41-38-28(37-39-41)26-24(42)25(43)30(45-26)40-18-33-23-27(35-31(36-29(23)40)34-21-13-15-44-16-14-21)32-17-22(19-9-5-3-6-10-19)20-11-7-4-8-12-20/h3-12,18,21-22,24-26,30,42-43H,2,13-17H2,1H3,(H2,32,34,35,36). The van der Waals surface area contributed by atoms with Gasteiger partial charge in [0, 0.05) is 31.7 Å². The lowest BCUT2D eigenvalue weighted by Crippen LogP contribution is -2.30. The Morgan fingerprint density at radius 1 is 0.956 bits per heavy atom. The van der Waals surface area contributed by atoms with E-state index in [9.17, 15) is 10.2 Å². The summed E-state index contributed by atoms with van der Waals surface area (Å²) in [5.74, 6) is 1.21. The summed E-state index contributed by atoms with van der Waals surface area (Å²) >= 11 is 0. The van der Waals surface area contributed by atoms with E-state index >= 15 is 0 Å². The molecule has 0 amide bonds. The van der Waals surface area contributed by atoms with E-state index in [1.165, 1.54) is 15.9 Å². The van der Waals surface area contributed by atoms with Gasteiger partial charge in [0.2, 0.25) is 11.8 Å². The van der Waals surface area contributed by atoms with E-state index in [0.717, 1.165) is 12.8 Å². The van der Waals surface area contributed by atoms with Crippen molar-refractivity contribution in [1.82, 2.24) is 39.7 Å². The van der Waals surface area contributed by atoms with Crippen LogP contribution in [0.25, 0.3) is 11.2 Å². The average Bonchev–Trinajstić information content (AvgIpc) is 3.80. The third-order valence-electron chi connectivity index (χ3n) is 8.37. The minimum atomic E-state index is -1.29. The number of fused-ring (bicyclic) bond motifs is 1. The Hall–Kier alpha value is -4.50.